The van der Waals surface area contributed by atoms with Crippen LogP contribution in [0.3, 0.4) is 0 Å². The number of nitrogens with zero attached hydrogens (tertiary/aromatic N) is 2. The number of aromatic nitrogens is 2. The molecule has 0 saturated heterocycles. The molecule has 120 valence electrons. The molecular weight excluding hydrogens is 298 g/mol. The average Bonchev–Trinajstić information content (AvgIpc) is 2.63. The van der Waals surface area contributed by atoms with Crippen LogP contribution >= 0.6 is 0 Å². The second-order valence-corrected chi connectivity index (χ2v) is 6.50. The van der Waals surface area contributed by atoms with Crippen LogP contribution in [0.5, 0.6) is 0 Å². The quantitative estimate of drug-likeness (QED) is 0.621. The molecule has 9 heteroatoms. The van der Waals surface area contributed by atoms with Gasteiger partial charge in [-0.25, -0.2) is 13.1 Å². The SMILES string of the molecule is CCC(O)CCNS(=O)(=O)c1c(C)nn(CC(=O)O)c1C. The first kappa shape index (κ1) is 17.6. The van der Waals surface area contributed by atoms with Crippen LogP contribution < -0.4 is 4.72 Å². The fraction of sp³-hybridized carbons (Fsp3) is 0.667. The lowest BCUT2D eigenvalue weighted by molar-refractivity contribution is -0.137. The summed E-state index contributed by atoms with van der Waals surface area (Å²) in [4.78, 5) is 10.7. The lowest BCUT2D eigenvalue weighted by atomic mass is 10.2. The number of aliphatic hydroxyl groups excluding tert-OH is 1. The standard InChI is InChI=1S/C12H21N3O5S/c1-4-10(16)5-6-13-21(19,20)12-8(2)14-15(9(12)3)7-11(17)18/h10,13,16H,4-7H2,1-3H3,(H,17,18). The maximum absolute atomic E-state index is 12.2. The highest BCUT2D eigenvalue weighted by Crippen LogP contribution is 2.19. The van der Waals surface area contributed by atoms with Gasteiger partial charge in [-0.15, -0.1) is 0 Å². The molecule has 0 saturated carbocycles. The Bertz CT molecular complexity index is 609. The molecule has 0 aliphatic heterocycles. The van der Waals surface area contributed by atoms with Gasteiger partial charge >= 0.3 is 5.97 Å². The predicted molar refractivity (Wildman–Crippen MR) is 75.4 cm³/mol. The summed E-state index contributed by atoms with van der Waals surface area (Å²) in [6, 6.07) is 0. The zero-order chi connectivity index (χ0) is 16.2. The molecule has 8 nitrogen and oxygen atoms in total. The van der Waals surface area contributed by atoms with E-state index in [1.165, 1.54) is 13.8 Å². The van der Waals surface area contributed by atoms with Crippen molar-refractivity contribution in [3.05, 3.63) is 11.4 Å². The summed E-state index contributed by atoms with van der Waals surface area (Å²) in [5.41, 5.74) is 0.524. The Morgan fingerprint density at radius 3 is 2.57 bits per heavy atom. The monoisotopic (exact) mass is 319 g/mol. The number of carboxylic acids is 1. The fourth-order valence-electron chi connectivity index (χ4n) is 1.99. The van der Waals surface area contributed by atoms with Gasteiger partial charge in [0.15, 0.2) is 0 Å². The van der Waals surface area contributed by atoms with E-state index in [1.54, 1.807) is 0 Å². The van der Waals surface area contributed by atoms with Crippen LogP contribution in [0, 0.1) is 13.8 Å². The van der Waals surface area contributed by atoms with Gasteiger partial charge in [-0.2, -0.15) is 5.10 Å². The number of sulfonamides is 1. The first-order valence-electron chi connectivity index (χ1n) is 6.62. The highest BCUT2D eigenvalue weighted by atomic mass is 32.2. The lowest BCUT2D eigenvalue weighted by Gasteiger charge is -2.10. The van der Waals surface area contributed by atoms with Gasteiger partial charge in [-0.1, -0.05) is 6.92 Å². The molecule has 1 aromatic heterocycles. The Balaban J connectivity index is 2.93. The zero-order valence-corrected chi connectivity index (χ0v) is 13.1. The fourth-order valence-corrected chi connectivity index (χ4v) is 3.44. The number of aryl methyl sites for hydroxylation is 1. The second kappa shape index (κ2) is 7.01. The largest absolute Gasteiger partial charge is 0.480 e. The first-order valence-corrected chi connectivity index (χ1v) is 8.10. The van der Waals surface area contributed by atoms with Gasteiger partial charge in [-0.05, 0) is 26.7 Å². The Morgan fingerprint density at radius 2 is 2.05 bits per heavy atom. The second-order valence-electron chi connectivity index (χ2n) is 4.80. The van der Waals surface area contributed by atoms with E-state index in [9.17, 15) is 18.3 Å². The van der Waals surface area contributed by atoms with Crippen molar-refractivity contribution in [1.29, 1.82) is 0 Å². The molecule has 3 N–H and O–H groups in total. The molecule has 1 atom stereocenters. The molecule has 0 spiro atoms. The van der Waals surface area contributed by atoms with E-state index >= 15 is 0 Å². The molecule has 0 aromatic carbocycles. The third kappa shape index (κ3) is 4.51. The number of carbonyl (C=O) groups is 1. The molecule has 0 radical (unpaired) electrons. The summed E-state index contributed by atoms with van der Waals surface area (Å²) < 4.78 is 28.0. The number of rotatable bonds is 8. The summed E-state index contributed by atoms with van der Waals surface area (Å²) in [5.74, 6) is -1.09. The van der Waals surface area contributed by atoms with Crippen molar-refractivity contribution >= 4 is 16.0 Å². The minimum atomic E-state index is -3.78. The number of hydrogen-bond donors (Lipinski definition) is 3. The van der Waals surface area contributed by atoms with Gasteiger partial charge in [0.05, 0.1) is 17.5 Å². The van der Waals surface area contributed by atoms with Crippen molar-refractivity contribution in [3.8, 4) is 0 Å². The number of aliphatic carboxylic acids is 1. The topological polar surface area (TPSA) is 122 Å². The molecule has 1 heterocycles. The van der Waals surface area contributed by atoms with Crippen LogP contribution in [0.2, 0.25) is 0 Å². The summed E-state index contributed by atoms with van der Waals surface area (Å²) >= 11 is 0. The van der Waals surface area contributed by atoms with Crippen molar-refractivity contribution < 1.29 is 23.4 Å². The summed E-state index contributed by atoms with van der Waals surface area (Å²) in [6.07, 6.45) is 0.317. The van der Waals surface area contributed by atoms with E-state index in [1.807, 2.05) is 6.92 Å². The summed E-state index contributed by atoms with van der Waals surface area (Å²) in [7, 11) is -3.78. The first-order chi connectivity index (χ1) is 9.69. The molecule has 1 aromatic rings. The van der Waals surface area contributed by atoms with E-state index in [0.717, 1.165) is 4.68 Å². The maximum Gasteiger partial charge on any atom is 0.325 e. The van der Waals surface area contributed by atoms with E-state index in [0.29, 0.717) is 12.8 Å². The van der Waals surface area contributed by atoms with Crippen LogP contribution in [0.15, 0.2) is 4.90 Å². The van der Waals surface area contributed by atoms with E-state index in [4.69, 9.17) is 5.11 Å². The zero-order valence-electron chi connectivity index (χ0n) is 12.3. The number of carboxylic acid groups (broad SMARTS) is 1. The van der Waals surface area contributed by atoms with Gasteiger partial charge in [0.2, 0.25) is 10.0 Å². The molecule has 0 amide bonds. The highest BCUT2D eigenvalue weighted by molar-refractivity contribution is 7.89. The van der Waals surface area contributed by atoms with E-state index < -0.39 is 28.6 Å². The Labute approximate surface area is 123 Å². The Hall–Kier alpha value is -1.45. The highest BCUT2D eigenvalue weighted by Gasteiger charge is 2.25. The molecule has 0 aliphatic carbocycles. The number of nitrogens with one attached hydrogen (secondary N) is 1. The molecule has 1 unspecified atom stereocenters. The van der Waals surface area contributed by atoms with Crippen LogP contribution in [0.4, 0.5) is 0 Å². The smallest absolute Gasteiger partial charge is 0.325 e. The molecule has 0 aliphatic rings. The Morgan fingerprint density at radius 1 is 1.43 bits per heavy atom. The van der Waals surface area contributed by atoms with Gasteiger partial charge < -0.3 is 10.2 Å². The van der Waals surface area contributed by atoms with Crippen LogP contribution in [0.25, 0.3) is 0 Å². The van der Waals surface area contributed by atoms with Crippen molar-refractivity contribution in [2.45, 2.75) is 51.2 Å². The molecule has 0 fully saturated rings. The van der Waals surface area contributed by atoms with Gasteiger partial charge in [0.25, 0.3) is 0 Å². The minimum Gasteiger partial charge on any atom is -0.480 e. The molecule has 21 heavy (non-hydrogen) atoms. The van der Waals surface area contributed by atoms with Crippen LogP contribution in [-0.2, 0) is 21.4 Å². The van der Waals surface area contributed by atoms with Crippen molar-refractivity contribution in [2.75, 3.05) is 6.54 Å². The van der Waals surface area contributed by atoms with Crippen molar-refractivity contribution in [2.24, 2.45) is 0 Å². The van der Waals surface area contributed by atoms with Gasteiger partial charge in [-0.3, -0.25) is 9.48 Å². The van der Waals surface area contributed by atoms with Gasteiger partial charge in [0, 0.05) is 6.54 Å². The number of hydrogen-bond acceptors (Lipinski definition) is 5. The lowest BCUT2D eigenvalue weighted by Crippen LogP contribution is -2.28. The third-order valence-corrected chi connectivity index (χ3v) is 4.82. The van der Waals surface area contributed by atoms with Crippen molar-refractivity contribution in [1.82, 2.24) is 14.5 Å². The Kier molecular flexibility index (Phi) is 5.87. The van der Waals surface area contributed by atoms with Gasteiger partial charge in [0.1, 0.15) is 11.4 Å². The maximum atomic E-state index is 12.2. The van der Waals surface area contributed by atoms with E-state index in [-0.39, 0.29) is 22.8 Å². The average molecular weight is 319 g/mol. The summed E-state index contributed by atoms with van der Waals surface area (Å²) in [6.45, 7) is 4.56. The normalized spacial score (nSPS) is 13.3. The summed E-state index contributed by atoms with van der Waals surface area (Å²) in [5, 5.41) is 22.1. The molecule has 1 rings (SSSR count). The van der Waals surface area contributed by atoms with E-state index in [2.05, 4.69) is 9.82 Å². The third-order valence-electron chi connectivity index (χ3n) is 3.11. The minimum absolute atomic E-state index is 0.00487. The van der Waals surface area contributed by atoms with Crippen LogP contribution in [-0.4, -0.2) is 47.0 Å². The van der Waals surface area contributed by atoms with Crippen molar-refractivity contribution in [3.63, 3.8) is 0 Å². The number of aliphatic hydroxyl groups is 1. The molecule has 0 bridgehead atoms. The predicted octanol–water partition coefficient (Wildman–Crippen LogP) is 0.0238. The van der Waals surface area contributed by atoms with Crippen LogP contribution in [0.1, 0.15) is 31.2 Å². The molecular formula is C12H21N3O5S.